The molecule has 0 atom stereocenters. The first-order valence-electron chi connectivity index (χ1n) is 6.29. The van der Waals surface area contributed by atoms with Crippen LogP contribution in [0.2, 0.25) is 5.15 Å². The summed E-state index contributed by atoms with van der Waals surface area (Å²) in [5.74, 6) is -0.466. The second-order valence-corrected chi connectivity index (χ2v) is 4.69. The number of nitro groups is 1. The van der Waals surface area contributed by atoms with E-state index >= 15 is 0 Å². The number of rotatable bonds is 5. The summed E-state index contributed by atoms with van der Waals surface area (Å²) < 4.78 is 1.55. The zero-order valence-corrected chi connectivity index (χ0v) is 12.0. The van der Waals surface area contributed by atoms with Crippen LogP contribution in [0.1, 0.15) is 23.8 Å². The number of carbonyl (C=O) groups excluding carboxylic acids is 1. The minimum Gasteiger partial charge on any atom is -0.337 e. The van der Waals surface area contributed by atoms with E-state index in [4.69, 9.17) is 11.6 Å². The van der Waals surface area contributed by atoms with Gasteiger partial charge < -0.3 is 9.88 Å². The molecule has 0 aromatic carbocycles. The van der Waals surface area contributed by atoms with Crippen LogP contribution in [0.3, 0.4) is 0 Å². The molecule has 0 radical (unpaired) electrons. The minimum absolute atomic E-state index is 0.120. The highest BCUT2D eigenvalue weighted by Crippen LogP contribution is 2.21. The molecule has 0 unspecified atom stereocenters. The van der Waals surface area contributed by atoms with Gasteiger partial charge in [0.25, 0.3) is 11.6 Å². The number of aryl methyl sites for hydroxylation is 1. The predicted molar refractivity (Wildman–Crippen MR) is 78.6 cm³/mol. The molecule has 0 spiro atoms. The number of amides is 1. The molecule has 0 aliphatic rings. The van der Waals surface area contributed by atoms with Gasteiger partial charge in [-0.15, -0.1) is 0 Å². The van der Waals surface area contributed by atoms with Gasteiger partial charge in [0.05, 0.1) is 16.8 Å². The van der Waals surface area contributed by atoms with Gasteiger partial charge in [-0.1, -0.05) is 18.5 Å². The number of nitrogens with zero attached hydrogens (tertiary/aromatic N) is 3. The Bertz CT molecular complexity index is 684. The van der Waals surface area contributed by atoms with Gasteiger partial charge >= 0.3 is 0 Å². The third kappa shape index (κ3) is 3.38. The number of halogens is 1. The van der Waals surface area contributed by atoms with Crippen molar-refractivity contribution in [1.82, 2.24) is 9.55 Å². The van der Waals surface area contributed by atoms with Crippen LogP contribution in [-0.4, -0.2) is 20.4 Å². The topological polar surface area (TPSA) is 90.1 Å². The summed E-state index contributed by atoms with van der Waals surface area (Å²) in [5.41, 5.74) is 0.449. The van der Waals surface area contributed by atoms with Crippen molar-refractivity contribution in [3.63, 3.8) is 0 Å². The van der Waals surface area contributed by atoms with Gasteiger partial charge in [-0.25, -0.2) is 4.98 Å². The molecule has 2 heterocycles. The van der Waals surface area contributed by atoms with Gasteiger partial charge in [0.15, 0.2) is 5.15 Å². The Labute approximate surface area is 125 Å². The summed E-state index contributed by atoms with van der Waals surface area (Å²) in [6, 6.07) is 4.49. The minimum atomic E-state index is -0.528. The van der Waals surface area contributed by atoms with Crippen molar-refractivity contribution in [2.75, 3.05) is 5.32 Å². The van der Waals surface area contributed by atoms with Gasteiger partial charge in [0.2, 0.25) is 0 Å². The summed E-state index contributed by atoms with van der Waals surface area (Å²) in [7, 11) is 0. The largest absolute Gasteiger partial charge is 0.337 e. The van der Waals surface area contributed by atoms with Crippen LogP contribution in [-0.2, 0) is 6.54 Å². The van der Waals surface area contributed by atoms with Crippen molar-refractivity contribution in [3.05, 3.63) is 51.6 Å². The maximum absolute atomic E-state index is 12.3. The first-order valence-corrected chi connectivity index (χ1v) is 6.67. The van der Waals surface area contributed by atoms with E-state index in [-0.39, 0.29) is 16.5 Å². The number of pyridine rings is 1. The maximum Gasteiger partial charge on any atom is 0.287 e. The average Bonchev–Trinajstić information content (AvgIpc) is 2.86. The number of nitrogens with one attached hydrogen (secondary N) is 1. The van der Waals surface area contributed by atoms with Gasteiger partial charge in [0.1, 0.15) is 5.69 Å². The van der Waals surface area contributed by atoms with E-state index in [1.54, 1.807) is 16.7 Å². The Balaban J connectivity index is 2.30. The first-order chi connectivity index (χ1) is 10.0. The number of hydrogen-bond donors (Lipinski definition) is 1. The molecule has 0 aliphatic carbocycles. The molecule has 8 heteroatoms. The van der Waals surface area contributed by atoms with E-state index in [2.05, 4.69) is 10.3 Å². The molecular formula is C13H13ClN4O3. The zero-order chi connectivity index (χ0) is 15.4. The standard InChI is InChI=1S/C13H13ClN4O3/c1-2-6-17-8-9(18(20)21)7-11(17)13(19)16-10-4-3-5-15-12(10)14/h3-5,7-8H,2,6H2,1H3,(H,16,19). The molecule has 1 amide bonds. The number of anilines is 1. The first kappa shape index (κ1) is 15.0. The van der Waals surface area contributed by atoms with Crippen LogP contribution in [0.25, 0.3) is 0 Å². The van der Waals surface area contributed by atoms with Gasteiger partial charge in [-0.2, -0.15) is 0 Å². The SMILES string of the molecule is CCCn1cc([N+](=O)[O-])cc1C(=O)Nc1cccnc1Cl. The Kier molecular flexibility index (Phi) is 4.54. The normalized spacial score (nSPS) is 10.4. The summed E-state index contributed by atoms with van der Waals surface area (Å²) >= 11 is 5.87. The summed E-state index contributed by atoms with van der Waals surface area (Å²) in [4.78, 5) is 26.4. The van der Waals surface area contributed by atoms with E-state index in [1.165, 1.54) is 18.5 Å². The molecule has 0 saturated heterocycles. The Morgan fingerprint density at radius 3 is 2.95 bits per heavy atom. The fourth-order valence-corrected chi connectivity index (χ4v) is 2.04. The van der Waals surface area contributed by atoms with E-state index in [9.17, 15) is 14.9 Å². The number of aromatic nitrogens is 2. The van der Waals surface area contributed by atoms with Crippen LogP contribution < -0.4 is 5.32 Å². The third-order valence-electron chi connectivity index (χ3n) is 2.80. The number of carbonyl (C=O) groups is 1. The molecule has 1 N–H and O–H groups in total. The van der Waals surface area contributed by atoms with Crippen molar-refractivity contribution >= 4 is 28.9 Å². The molecule has 0 saturated carbocycles. The number of hydrogen-bond acceptors (Lipinski definition) is 4. The molecule has 0 bridgehead atoms. The smallest absolute Gasteiger partial charge is 0.287 e. The van der Waals surface area contributed by atoms with E-state index in [1.807, 2.05) is 6.92 Å². The van der Waals surface area contributed by atoms with Gasteiger partial charge in [-0.05, 0) is 18.6 Å². The Hall–Kier alpha value is -2.41. The van der Waals surface area contributed by atoms with Crippen molar-refractivity contribution in [3.8, 4) is 0 Å². The van der Waals surface area contributed by atoms with Gasteiger partial charge in [-0.3, -0.25) is 14.9 Å². The van der Waals surface area contributed by atoms with Crippen molar-refractivity contribution in [2.24, 2.45) is 0 Å². The summed E-state index contributed by atoms with van der Waals surface area (Å²) in [5, 5.41) is 13.6. The Morgan fingerprint density at radius 1 is 1.57 bits per heavy atom. The van der Waals surface area contributed by atoms with Gasteiger partial charge in [0, 0.05) is 18.8 Å². The molecule has 0 fully saturated rings. The third-order valence-corrected chi connectivity index (χ3v) is 3.10. The lowest BCUT2D eigenvalue weighted by Gasteiger charge is -2.08. The molecule has 0 aliphatic heterocycles. The molecule has 2 aromatic heterocycles. The quantitative estimate of drug-likeness (QED) is 0.522. The van der Waals surface area contributed by atoms with Crippen molar-refractivity contribution in [2.45, 2.75) is 19.9 Å². The monoisotopic (exact) mass is 308 g/mol. The van der Waals surface area contributed by atoms with Crippen LogP contribution >= 0.6 is 11.6 Å². The second-order valence-electron chi connectivity index (χ2n) is 4.33. The summed E-state index contributed by atoms with van der Waals surface area (Å²) in [6.07, 6.45) is 3.60. The van der Waals surface area contributed by atoms with Crippen molar-refractivity contribution in [1.29, 1.82) is 0 Å². The van der Waals surface area contributed by atoms with E-state index in [0.29, 0.717) is 12.2 Å². The predicted octanol–water partition coefficient (Wildman–Crippen LogP) is 3.11. The van der Waals surface area contributed by atoms with Crippen LogP contribution in [0.15, 0.2) is 30.6 Å². The van der Waals surface area contributed by atoms with Crippen molar-refractivity contribution < 1.29 is 9.72 Å². The fourth-order valence-electron chi connectivity index (χ4n) is 1.88. The summed E-state index contributed by atoms with van der Waals surface area (Å²) in [6.45, 7) is 2.43. The molecule has 7 nitrogen and oxygen atoms in total. The molecule has 110 valence electrons. The van der Waals surface area contributed by atoms with Crippen LogP contribution in [0.4, 0.5) is 11.4 Å². The highest BCUT2D eigenvalue weighted by molar-refractivity contribution is 6.32. The average molecular weight is 309 g/mol. The fraction of sp³-hybridized carbons (Fsp3) is 0.231. The van der Waals surface area contributed by atoms with E-state index in [0.717, 1.165) is 6.42 Å². The van der Waals surface area contributed by atoms with Crippen LogP contribution in [0, 0.1) is 10.1 Å². The van der Waals surface area contributed by atoms with Crippen LogP contribution in [0.5, 0.6) is 0 Å². The van der Waals surface area contributed by atoms with E-state index < -0.39 is 10.8 Å². The molecule has 2 rings (SSSR count). The zero-order valence-electron chi connectivity index (χ0n) is 11.2. The lowest BCUT2D eigenvalue weighted by Crippen LogP contribution is -2.17. The Morgan fingerprint density at radius 2 is 2.33 bits per heavy atom. The highest BCUT2D eigenvalue weighted by atomic mass is 35.5. The molecule has 21 heavy (non-hydrogen) atoms. The molecule has 2 aromatic rings. The molecular weight excluding hydrogens is 296 g/mol. The second kappa shape index (κ2) is 6.36. The highest BCUT2D eigenvalue weighted by Gasteiger charge is 2.19. The lowest BCUT2D eigenvalue weighted by atomic mass is 10.3. The maximum atomic E-state index is 12.3. The lowest BCUT2D eigenvalue weighted by molar-refractivity contribution is -0.384.